The van der Waals surface area contributed by atoms with Crippen molar-refractivity contribution >= 4 is 17.3 Å². The quantitative estimate of drug-likeness (QED) is 0.878. The van der Waals surface area contributed by atoms with Gasteiger partial charge in [0.2, 0.25) is 0 Å². The topological polar surface area (TPSA) is 40.5 Å². The second-order valence-corrected chi connectivity index (χ2v) is 5.30. The molecule has 4 heteroatoms. The molecule has 0 saturated carbocycles. The predicted octanol–water partition coefficient (Wildman–Crippen LogP) is 2.75. The van der Waals surface area contributed by atoms with Crippen LogP contribution in [0.5, 0.6) is 0 Å². The van der Waals surface area contributed by atoms with E-state index in [1.54, 1.807) is 11.3 Å². The van der Waals surface area contributed by atoms with Gasteiger partial charge in [-0.2, -0.15) is 0 Å². The van der Waals surface area contributed by atoms with Crippen LogP contribution >= 0.6 is 11.3 Å². The van der Waals surface area contributed by atoms with Crippen molar-refractivity contribution in [1.82, 2.24) is 4.90 Å². The number of aliphatic carboxylic acids is 1. The third-order valence-corrected chi connectivity index (χ3v) is 4.33. The van der Waals surface area contributed by atoms with E-state index in [9.17, 15) is 4.79 Å². The predicted molar refractivity (Wildman–Crippen MR) is 64.7 cm³/mol. The lowest BCUT2D eigenvalue weighted by Crippen LogP contribution is -2.33. The van der Waals surface area contributed by atoms with Crippen LogP contribution in [0.3, 0.4) is 0 Å². The summed E-state index contributed by atoms with van der Waals surface area (Å²) in [7, 11) is 0. The highest BCUT2D eigenvalue weighted by Gasteiger charge is 2.30. The first-order chi connectivity index (χ1) is 7.68. The van der Waals surface area contributed by atoms with Crippen LogP contribution in [0.2, 0.25) is 0 Å². The monoisotopic (exact) mass is 239 g/mol. The molecule has 0 bridgehead atoms. The lowest BCUT2D eigenvalue weighted by Gasteiger charge is -2.29. The molecule has 2 heterocycles. The summed E-state index contributed by atoms with van der Waals surface area (Å²) in [6, 6.07) is 4.76. The van der Waals surface area contributed by atoms with Crippen molar-refractivity contribution in [2.45, 2.75) is 38.3 Å². The first kappa shape index (κ1) is 11.6. The maximum absolute atomic E-state index is 10.8. The Kier molecular flexibility index (Phi) is 3.61. The Labute approximate surface area is 99.7 Å². The molecule has 1 fully saturated rings. The van der Waals surface area contributed by atoms with Gasteiger partial charge in [0.1, 0.15) is 0 Å². The molecule has 1 aromatic rings. The lowest BCUT2D eigenvalue weighted by atomic mass is 10.1. The summed E-state index contributed by atoms with van der Waals surface area (Å²) in [5.41, 5.74) is 0. The Hall–Kier alpha value is -0.870. The molecule has 2 atom stereocenters. The van der Waals surface area contributed by atoms with E-state index in [-0.39, 0.29) is 12.5 Å². The zero-order valence-electron chi connectivity index (χ0n) is 9.43. The summed E-state index contributed by atoms with van der Waals surface area (Å²) < 4.78 is 0. The van der Waals surface area contributed by atoms with Gasteiger partial charge in [-0.25, -0.2) is 0 Å². The van der Waals surface area contributed by atoms with E-state index in [1.165, 1.54) is 4.88 Å². The summed E-state index contributed by atoms with van der Waals surface area (Å²) >= 11 is 1.75. The molecule has 3 nitrogen and oxygen atoms in total. The minimum absolute atomic E-state index is 0.217. The number of rotatable bonds is 4. The first-order valence-electron chi connectivity index (χ1n) is 5.69. The normalized spacial score (nSPS) is 23.4. The van der Waals surface area contributed by atoms with Gasteiger partial charge < -0.3 is 5.11 Å². The molecular weight excluding hydrogens is 222 g/mol. The van der Waals surface area contributed by atoms with Crippen molar-refractivity contribution in [2.75, 3.05) is 6.54 Å². The van der Waals surface area contributed by atoms with Crippen LogP contribution in [0.15, 0.2) is 17.5 Å². The number of thiophene rings is 1. The highest BCUT2D eigenvalue weighted by Crippen LogP contribution is 2.32. The third-order valence-electron chi connectivity index (χ3n) is 3.29. The summed E-state index contributed by atoms with van der Waals surface area (Å²) in [6.45, 7) is 3.20. The average molecular weight is 239 g/mol. The average Bonchev–Trinajstić information content (AvgIpc) is 2.84. The van der Waals surface area contributed by atoms with Crippen LogP contribution in [0.1, 0.15) is 37.1 Å². The van der Waals surface area contributed by atoms with Crippen molar-refractivity contribution in [3.05, 3.63) is 22.4 Å². The van der Waals surface area contributed by atoms with Gasteiger partial charge in [-0.15, -0.1) is 11.3 Å². The summed E-state index contributed by atoms with van der Waals surface area (Å²) in [5.74, 6) is -0.685. The van der Waals surface area contributed by atoms with Gasteiger partial charge in [0.05, 0.1) is 6.42 Å². The molecule has 0 aromatic carbocycles. The zero-order valence-corrected chi connectivity index (χ0v) is 10.2. The Morgan fingerprint density at radius 1 is 1.75 bits per heavy atom. The first-order valence-corrected chi connectivity index (χ1v) is 6.57. The maximum Gasteiger partial charge on any atom is 0.304 e. The highest BCUT2D eigenvalue weighted by molar-refractivity contribution is 7.10. The van der Waals surface area contributed by atoms with E-state index in [1.807, 2.05) is 0 Å². The summed E-state index contributed by atoms with van der Waals surface area (Å²) in [4.78, 5) is 14.4. The molecule has 2 rings (SSSR count). The molecule has 0 spiro atoms. The van der Waals surface area contributed by atoms with Gasteiger partial charge in [-0.05, 0) is 37.8 Å². The summed E-state index contributed by atoms with van der Waals surface area (Å²) in [6.07, 6.45) is 2.41. The van der Waals surface area contributed by atoms with Gasteiger partial charge in [0, 0.05) is 17.0 Å². The van der Waals surface area contributed by atoms with E-state index in [4.69, 9.17) is 5.11 Å². The number of carbonyl (C=O) groups is 1. The van der Waals surface area contributed by atoms with Gasteiger partial charge in [-0.3, -0.25) is 9.69 Å². The van der Waals surface area contributed by atoms with Crippen molar-refractivity contribution < 1.29 is 9.90 Å². The second kappa shape index (κ2) is 4.97. The Bertz CT molecular complexity index is 350. The van der Waals surface area contributed by atoms with E-state index >= 15 is 0 Å². The van der Waals surface area contributed by atoms with E-state index in [2.05, 4.69) is 29.3 Å². The summed E-state index contributed by atoms with van der Waals surface area (Å²) in [5, 5.41) is 11.0. The number of nitrogens with zero attached hydrogens (tertiary/aromatic N) is 1. The van der Waals surface area contributed by atoms with Gasteiger partial charge >= 0.3 is 5.97 Å². The smallest absolute Gasteiger partial charge is 0.304 e. The molecule has 1 aromatic heterocycles. The Morgan fingerprint density at radius 3 is 3.19 bits per heavy atom. The van der Waals surface area contributed by atoms with Crippen LogP contribution in [-0.2, 0) is 4.79 Å². The highest BCUT2D eigenvalue weighted by atomic mass is 32.1. The van der Waals surface area contributed by atoms with E-state index in [0.29, 0.717) is 6.04 Å². The molecule has 0 amide bonds. The number of hydrogen-bond acceptors (Lipinski definition) is 3. The molecule has 2 unspecified atom stereocenters. The van der Waals surface area contributed by atoms with Gasteiger partial charge in [0.25, 0.3) is 0 Å². The fourth-order valence-corrected chi connectivity index (χ4v) is 3.28. The molecule has 1 aliphatic heterocycles. The molecule has 1 N–H and O–H groups in total. The fourth-order valence-electron chi connectivity index (χ4n) is 2.48. The number of likely N-dealkylation sites (tertiary alicyclic amines) is 1. The maximum atomic E-state index is 10.8. The zero-order chi connectivity index (χ0) is 11.5. The van der Waals surface area contributed by atoms with E-state index < -0.39 is 5.97 Å². The lowest BCUT2D eigenvalue weighted by molar-refractivity contribution is -0.138. The number of carboxylic acid groups (broad SMARTS) is 1. The molecule has 16 heavy (non-hydrogen) atoms. The molecule has 1 aliphatic rings. The molecule has 0 radical (unpaired) electrons. The van der Waals surface area contributed by atoms with Crippen molar-refractivity contribution in [1.29, 1.82) is 0 Å². The molecule has 88 valence electrons. The van der Waals surface area contributed by atoms with Crippen LogP contribution in [0, 0.1) is 0 Å². The van der Waals surface area contributed by atoms with E-state index in [0.717, 1.165) is 19.4 Å². The fraction of sp³-hybridized carbons (Fsp3) is 0.583. The number of hydrogen-bond donors (Lipinski definition) is 1. The van der Waals surface area contributed by atoms with Crippen molar-refractivity contribution in [3.63, 3.8) is 0 Å². The minimum Gasteiger partial charge on any atom is -0.481 e. The molecular formula is C12H17NO2S. The minimum atomic E-state index is -0.685. The standard InChI is InChI=1S/C12H17NO2S/c1-9(11-5-3-7-16-11)13-6-2-4-10(13)8-12(14)15/h3,5,7,9-10H,2,4,6,8H2,1H3,(H,14,15). The van der Waals surface area contributed by atoms with Crippen LogP contribution in [-0.4, -0.2) is 28.6 Å². The second-order valence-electron chi connectivity index (χ2n) is 4.32. The number of carboxylic acids is 1. The van der Waals surface area contributed by atoms with Gasteiger partial charge in [0.15, 0.2) is 0 Å². The Morgan fingerprint density at radius 2 is 2.56 bits per heavy atom. The van der Waals surface area contributed by atoms with Crippen LogP contribution in [0.4, 0.5) is 0 Å². The van der Waals surface area contributed by atoms with Crippen molar-refractivity contribution in [2.24, 2.45) is 0 Å². The van der Waals surface area contributed by atoms with Gasteiger partial charge in [-0.1, -0.05) is 6.07 Å². The van der Waals surface area contributed by atoms with Crippen LogP contribution < -0.4 is 0 Å². The SMILES string of the molecule is CC(c1cccs1)N1CCCC1CC(=O)O. The largest absolute Gasteiger partial charge is 0.481 e. The third kappa shape index (κ3) is 2.44. The van der Waals surface area contributed by atoms with Crippen LogP contribution in [0.25, 0.3) is 0 Å². The Balaban J connectivity index is 2.05. The van der Waals surface area contributed by atoms with Crippen molar-refractivity contribution in [3.8, 4) is 0 Å². The molecule has 0 aliphatic carbocycles. The molecule has 1 saturated heterocycles.